The largest absolute Gasteiger partial charge is 0.508 e. The predicted octanol–water partition coefficient (Wildman–Crippen LogP) is 4.48. The van der Waals surface area contributed by atoms with E-state index in [1.807, 2.05) is 6.92 Å². The van der Waals surface area contributed by atoms with Gasteiger partial charge in [-0.1, -0.05) is 25.0 Å². The Bertz CT molecular complexity index is 501. The summed E-state index contributed by atoms with van der Waals surface area (Å²) in [6.45, 7) is 8.65. The van der Waals surface area contributed by atoms with Crippen LogP contribution in [0.2, 0.25) is 0 Å². The molecular weight excluding hydrogens is 236 g/mol. The molecule has 1 aliphatic rings. The summed E-state index contributed by atoms with van der Waals surface area (Å²) in [6, 6.07) is 3.44. The molecule has 0 heterocycles. The standard InChI is InChI=1S/C17H24O2/c1-11-7-15(18)14(16(19)8-11)9-13-5-6-17(3,4)10-12(13)2/h7-8,18-19H,5-6,9-10H2,1-4H3. The summed E-state index contributed by atoms with van der Waals surface area (Å²) in [5.41, 5.74) is 4.71. The summed E-state index contributed by atoms with van der Waals surface area (Å²) in [7, 11) is 0. The van der Waals surface area contributed by atoms with Crippen molar-refractivity contribution in [3.05, 3.63) is 34.4 Å². The molecule has 0 radical (unpaired) electrons. The molecule has 0 spiro atoms. The zero-order valence-corrected chi connectivity index (χ0v) is 12.4. The van der Waals surface area contributed by atoms with Gasteiger partial charge in [0.15, 0.2) is 0 Å². The van der Waals surface area contributed by atoms with E-state index in [1.54, 1.807) is 12.1 Å². The van der Waals surface area contributed by atoms with Gasteiger partial charge in [-0.2, -0.15) is 0 Å². The van der Waals surface area contributed by atoms with Gasteiger partial charge in [-0.3, -0.25) is 0 Å². The van der Waals surface area contributed by atoms with Crippen molar-refractivity contribution in [2.75, 3.05) is 0 Å². The number of benzene rings is 1. The van der Waals surface area contributed by atoms with Crippen LogP contribution in [-0.2, 0) is 6.42 Å². The average molecular weight is 260 g/mol. The number of hydrogen-bond donors (Lipinski definition) is 2. The molecule has 1 aromatic rings. The Kier molecular flexibility index (Phi) is 3.62. The van der Waals surface area contributed by atoms with Gasteiger partial charge < -0.3 is 10.2 Å². The van der Waals surface area contributed by atoms with Crippen molar-refractivity contribution in [3.63, 3.8) is 0 Å². The summed E-state index contributed by atoms with van der Waals surface area (Å²) in [5.74, 6) is 0.422. The van der Waals surface area contributed by atoms with Crippen LogP contribution in [0, 0.1) is 12.3 Å². The normalized spacial score (nSPS) is 18.7. The molecule has 0 bridgehead atoms. The Morgan fingerprint density at radius 1 is 1.11 bits per heavy atom. The zero-order valence-electron chi connectivity index (χ0n) is 12.4. The number of allylic oxidation sites excluding steroid dienone is 2. The molecule has 19 heavy (non-hydrogen) atoms. The number of rotatable bonds is 2. The first kappa shape index (κ1) is 14.0. The van der Waals surface area contributed by atoms with E-state index in [-0.39, 0.29) is 11.5 Å². The molecular formula is C17H24O2. The topological polar surface area (TPSA) is 40.5 Å². The highest BCUT2D eigenvalue weighted by Crippen LogP contribution is 2.41. The van der Waals surface area contributed by atoms with Crippen LogP contribution in [0.3, 0.4) is 0 Å². The van der Waals surface area contributed by atoms with Gasteiger partial charge in [-0.15, -0.1) is 0 Å². The first-order valence-electron chi connectivity index (χ1n) is 6.97. The maximum absolute atomic E-state index is 10.0. The molecule has 2 nitrogen and oxygen atoms in total. The second-order valence-electron chi connectivity index (χ2n) is 6.68. The fourth-order valence-electron chi connectivity index (χ4n) is 3.05. The van der Waals surface area contributed by atoms with E-state index in [2.05, 4.69) is 20.8 Å². The fourth-order valence-corrected chi connectivity index (χ4v) is 3.05. The lowest BCUT2D eigenvalue weighted by Crippen LogP contribution is -2.18. The minimum absolute atomic E-state index is 0.211. The Hall–Kier alpha value is -1.44. The number of phenolic OH excluding ortho intramolecular Hbond substituents is 2. The predicted molar refractivity (Wildman–Crippen MR) is 78.5 cm³/mol. The fraction of sp³-hybridized carbons (Fsp3) is 0.529. The third-order valence-corrected chi connectivity index (χ3v) is 4.19. The van der Waals surface area contributed by atoms with Crippen molar-refractivity contribution in [1.82, 2.24) is 0 Å². The monoisotopic (exact) mass is 260 g/mol. The van der Waals surface area contributed by atoms with Gasteiger partial charge >= 0.3 is 0 Å². The zero-order chi connectivity index (χ0) is 14.2. The maximum Gasteiger partial charge on any atom is 0.123 e. The van der Waals surface area contributed by atoms with Crippen molar-refractivity contribution in [2.45, 2.75) is 53.4 Å². The molecule has 1 aromatic carbocycles. The van der Waals surface area contributed by atoms with Gasteiger partial charge in [-0.25, -0.2) is 0 Å². The van der Waals surface area contributed by atoms with Crippen LogP contribution in [-0.4, -0.2) is 10.2 Å². The minimum atomic E-state index is 0.211. The lowest BCUT2D eigenvalue weighted by atomic mass is 9.73. The van der Waals surface area contributed by atoms with E-state index in [0.717, 1.165) is 18.4 Å². The molecule has 0 saturated heterocycles. The smallest absolute Gasteiger partial charge is 0.123 e. The van der Waals surface area contributed by atoms with Crippen LogP contribution in [0.4, 0.5) is 0 Å². The Labute approximate surface area is 115 Å². The van der Waals surface area contributed by atoms with Gasteiger partial charge in [-0.05, 0) is 56.2 Å². The quantitative estimate of drug-likeness (QED) is 0.770. The van der Waals surface area contributed by atoms with Crippen LogP contribution in [0.1, 0.15) is 51.2 Å². The van der Waals surface area contributed by atoms with Crippen molar-refractivity contribution in [3.8, 4) is 11.5 Å². The lowest BCUT2D eigenvalue weighted by molar-refractivity contribution is 0.311. The van der Waals surface area contributed by atoms with Gasteiger partial charge in [0.1, 0.15) is 11.5 Å². The SMILES string of the molecule is CC1=C(Cc2c(O)cc(C)cc2O)CCC(C)(C)C1. The molecule has 0 amide bonds. The van der Waals surface area contributed by atoms with Crippen LogP contribution >= 0.6 is 0 Å². The molecule has 0 saturated carbocycles. The Morgan fingerprint density at radius 2 is 1.68 bits per heavy atom. The van der Waals surface area contributed by atoms with Crippen molar-refractivity contribution in [1.29, 1.82) is 0 Å². The van der Waals surface area contributed by atoms with E-state index in [0.29, 0.717) is 17.4 Å². The molecule has 0 unspecified atom stereocenters. The first-order valence-corrected chi connectivity index (χ1v) is 6.97. The van der Waals surface area contributed by atoms with Gasteiger partial charge in [0, 0.05) is 12.0 Å². The second-order valence-corrected chi connectivity index (χ2v) is 6.68. The molecule has 0 atom stereocenters. The molecule has 0 aromatic heterocycles. The molecule has 2 rings (SSSR count). The van der Waals surface area contributed by atoms with Crippen molar-refractivity contribution >= 4 is 0 Å². The summed E-state index contributed by atoms with van der Waals surface area (Å²) >= 11 is 0. The van der Waals surface area contributed by atoms with E-state index in [9.17, 15) is 10.2 Å². The van der Waals surface area contributed by atoms with E-state index >= 15 is 0 Å². The first-order chi connectivity index (χ1) is 8.78. The highest BCUT2D eigenvalue weighted by Gasteiger charge is 2.25. The van der Waals surface area contributed by atoms with E-state index in [4.69, 9.17) is 0 Å². The number of aryl methyl sites for hydroxylation is 1. The summed E-state index contributed by atoms with van der Waals surface area (Å²) in [5, 5.41) is 20.0. The highest BCUT2D eigenvalue weighted by atomic mass is 16.3. The van der Waals surface area contributed by atoms with Crippen molar-refractivity contribution in [2.24, 2.45) is 5.41 Å². The van der Waals surface area contributed by atoms with E-state index in [1.165, 1.54) is 17.6 Å². The highest BCUT2D eigenvalue weighted by molar-refractivity contribution is 5.48. The van der Waals surface area contributed by atoms with Gasteiger partial charge in [0.05, 0.1) is 0 Å². The van der Waals surface area contributed by atoms with Crippen LogP contribution < -0.4 is 0 Å². The van der Waals surface area contributed by atoms with Crippen LogP contribution in [0.15, 0.2) is 23.3 Å². The molecule has 0 fully saturated rings. The number of hydrogen-bond acceptors (Lipinski definition) is 2. The molecule has 104 valence electrons. The summed E-state index contributed by atoms with van der Waals surface area (Å²) < 4.78 is 0. The van der Waals surface area contributed by atoms with Gasteiger partial charge in [0.25, 0.3) is 0 Å². The van der Waals surface area contributed by atoms with E-state index < -0.39 is 0 Å². The molecule has 1 aliphatic carbocycles. The molecule has 2 N–H and O–H groups in total. The third-order valence-electron chi connectivity index (χ3n) is 4.19. The Morgan fingerprint density at radius 3 is 2.21 bits per heavy atom. The number of phenols is 2. The average Bonchev–Trinajstić information content (AvgIpc) is 2.24. The summed E-state index contributed by atoms with van der Waals surface area (Å²) in [6.07, 6.45) is 4.01. The lowest BCUT2D eigenvalue weighted by Gasteiger charge is -2.32. The minimum Gasteiger partial charge on any atom is -0.508 e. The number of aromatic hydroxyl groups is 2. The summed E-state index contributed by atoms with van der Waals surface area (Å²) in [4.78, 5) is 0. The molecule has 0 aliphatic heterocycles. The third kappa shape index (κ3) is 3.12. The van der Waals surface area contributed by atoms with Gasteiger partial charge in [0.2, 0.25) is 0 Å². The Balaban J connectivity index is 2.28. The molecule has 2 heteroatoms. The second kappa shape index (κ2) is 4.92. The maximum atomic E-state index is 10.0. The van der Waals surface area contributed by atoms with Crippen LogP contribution in [0.25, 0.3) is 0 Å². The van der Waals surface area contributed by atoms with Crippen molar-refractivity contribution < 1.29 is 10.2 Å². The van der Waals surface area contributed by atoms with Crippen LogP contribution in [0.5, 0.6) is 11.5 Å².